The van der Waals surface area contributed by atoms with E-state index in [9.17, 15) is 9.59 Å². The Morgan fingerprint density at radius 1 is 1.36 bits per heavy atom. The van der Waals surface area contributed by atoms with Gasteiger partial charge in [-0.1, -0.05) is 0 Å². The minimum atomic E-state index is -1.21. The van der Waals surface area contributed by atoms with E-state index in [1.165, 1.54) is 0 Å². The Kier molecular flexibility index (Phi) is 1.72. The quantitative estimate of drug-likeness (QED) is 0.563. The van der Waals surface area contributed by atoms with Gasteiger partial charge in [-0.2, -0.15) is 0 Å². The van der Waals surface area contributed by atoms with Crippen LogP contribution in [0.25, 0.3) is 0 Å². The van der Waals surface area contributed by atoms with Gasteiger partial charge in [0.2, 0.25) is 0 Å². The first-order valence-electron chi connectivity index (χ1n) is 4.37. The average Bonchev–Trinajstić information content (AvgIpc) is 2.71. The summed E-state index contributed by atoms with van der Waals surface area (Å²) in [5.41, 5.74) is -0.471. The van der Waals surface area contributed by atoms with E-state index in [4.69, 9.17) is 15.3 Å². The summed E-state index contributed by atoms with van der Waals surface area (Å²) in [4.78, 5) is 22.5. The first-order chi connectivity index (χ1) is 6.52. The first kappa shape index (κ1) is 9.26. The van der Waals surface area contributed by atoms with Crippen molar-refractivity contribution in [1.29, 1.82) is 0 Å². The van der Waals surface area contributed by atoms with Crippen LogP contribution in [0.1, 0.15) is 12.8 Å². The maximum absolute atomic E-state index is 10.8. The third-order valence-corrected chi connectivity index (χ3v) is 3.24. The number of aliphatic carboxylic acids is 1. The molecule has 78 valence electrons. The molecule has 1 saturated carbocycles. The summed E-state index contributed by atoms with van der Waals surface area (Å²) < 4.78 is 0. The molecule has 0 unspecified atom stereocenters. The van der Waals surface area contributed by atoms with Crippen LogP contribution >= 0.6 is 0 Å². The van der Waals surface area contributed by atoms with E-state index in [2.05, 4.69) is 0 Å². The molecule has 2 aliphatic rings. The smallest absolute Gasteiger partial charge is 0.408 e. The first-order valence-corrected chi connectivity index (χ1v) is 4.37. The number of rotatable bonds is 2. The number of hydrogen-bond donors (Lipinski definition) is 3. The molecular formula is C8H11NO5. The van der Waals surface area contributed by atoms with Crippen molar-refractivity contribution in [3.8, 4) is 0 Å². The molecule has 2 rings (SSSR count). The van der Waals surface area contributed by atoms with E-state index in [-0.39, 0.29) is 19.1 Å². The highest BCUT2D eigenvalue weighted by Crippen LogP contribution is 2.59. The number of carbonyl (C=O) groups is 2. The van der Waals surface area contributed by atoms with Crippen molar-refractivity contribution >= 4 is 12.1 Å². The summed E-state index contributed by atoms with van der Waals surface area (Å²) in [7, 11) is 0. The van der Waals surface area contributed by atoms with Crippen LogP contribution in [-0.4, -0.2) is 51.0 Å². The summed E-state index contributed by atoms with van der Waals surface area (Å²) in [6.07, 6.45) is -0.398. The number of piperidine rings is 1. The lowest BCUT2D eigenvalue weighted by molar-refractivity contribution is -0.142. The Bertz CT molecular complexity index is 304. The van der Waals surface area contributed by atoms with Crippen LogP contribution < -0.4 is 0 Å². The van der Waals surface area contributed by atoms with Gasteiger partial charge < -0.3 is 15.3 Å². The summed E-state index contributed by atoms with van der Waals surface area (Å²) in [6, 6.07) is -1.29. The van der Waals surface area contributed by atoms with E-state index < -0.39 is 23.5 Å². The number of hydrogen-bond acceptors (Lipinski definition) is 3. The fourth-order valence-corrected chi connectivity index (χ4v) is 2.35. The van der Waals surface area contributed by atoms with Gasteiger partial charge in [0.25, 0.3) is 0 Å². The number of carboxylic acid groups (broad SMARTS) is 2. The van der Waals surface area contributed by atoms with Gasteiger partial charge in [-0.15, -0.1) is 0 Å². The van der Waals surface area contributed by atoms with Gasteiger partial charge in [0.15, 0.2) is 0 Å². The Hall–Kier alpha value is -1.30. The second-order valence-electron chi connectivity index (χ2n) is 3.99. The molecule has 3 N–H and O–H groups in total. The lowest BCUT2D eigenvalue weighted by Gasteiger charge is -2.20. The lowest BCUT2D eigenvalue weighted by atomic mass is 10.0. The zero-order valence-electron chi connectivity index (χ0n) is 7.38. The van der Waals surface area contributed by atoms with Crippen LogP contribution in [0.15, 0.2) is 0 Å². The van der Waals surface area contributed by atoms with E-state index in [0.29, 0.717) is 6.42 Å². The van der Waals surface area contributed by atoms with Gasteiger partial charge in [0.05, 0.1) is 6.61 Å². The second-order valence-corrected chi connectivity index (χ2v) is 3.99. The van der Waals surface area contributed by atoms with Gasteiger partial charge >= 0.3 is 12.1 Å². The molecule has 0 bridgehead atoms. The van der Waals surface area contributed by atoms with Crippen LogP contribution in [0.3, 0.4) is 0 Å². The van der Waals surface area contributed by atoms with Crippen molar-refractivity contribution in [2.24, 2.45) is 5.41 Å². The summed E-state index contributed by atoms with van der Waals surface area (Å²) in [6.45, 7) is -0.134. The molecular weight excluding hydrogens is 190 g/mol. The van der Waals surface area contributed by atoms with E-state index in [1.54, 1.807) is 0 Å². The number of amides is 1. The van der Waals surface area contributed by atoms with Crippen LogP contribution in [0.4, 0.5) is 4.79 Å². The van der Waals surface area contributed by atoms with Crippen molar-refractivity contribution in [1.82, 2.24) is 4.90 Å². The second kappa shape index (κ2) is 2.60. The molecule has 1 aliphatic carbocycles. The minimum absolute atomic E-state index is 0.134. The summed E-state index contributed by atoms with van der Waals surface area (Å²) >= 11 is 0. The number of fused-ring (bicyclic) bond motifs is 1. The van der Waals surface area contributed by atoms with Gasteiger partial charge in [-0.25, -0.2) is 9.59 Å². The monoisotopic (exact) mass is 201 g/mol. The van der Waals surface area contributed by atoms with E-state index in [1.807, 2.05) is 0 Å². The van der Waals surface area contributed by atoms with Gasteiger partial charge in [-0.3, -0.25) is 4.90 Å². The SMILES string of the molecule is O=C(O)[C@@H]1C[C@]2(CO)C[C@@H]2N1C(=O)O. The van der Waals surface area contributed by atoms with Crippen LogP contribution in [0, 0.1) is 5.41 Å². The highest BCUT2D eigenvalue weighted by Gasteiger charge is 2.67. The Balaban J connectivity index is 2.22. The van der Waals surface area contributed by atoms with Crippen LogP contribution in [-0.2, 0) is 4.79 Å². The van der Waals surface area contributed by atoms with Crippen molar-refractivity contribution in [2.45, 2.75) is 24.9 Å². The molecule has 0 spiro atoms. The molecule has 1 amide bonds. The summed E-state index contributed by atoms with van der Waals surface area (Å²) in [5, 5.41) is 26.7. The van der Waals surface area contributed by atoms with Crippen molar-refractivity contribution in [2.75, 3.05) is 6.61 Å². The van der Waals surface area contributed by atoms with Gasteiger partial charge in [0.1, 0.15) is 6.04 Å². The third kappa shape index (κ3) is 1.00. The van der Waals surface area contributed by atoms with E-state index >= 15 is 0 Å². The molecule has 6 heteroatoms. The Morgan fingerprint density at radius 2 is 2.00 bits per heavy atom. The van der Waals surface area contributed by atoms with Crippen LogP contribution in [0.2, 0.25) is 0 Å². The molecule has 6 nitrogen and oxygen atoms in total. The highest BCUT2D eigenvalue weighted by atomic mass is 16.4. The number of aliphatic hydroxyl groups excluding tert-OH is 1. The molecule has 1 saturated heterocycles. The topological polar surface area (TPSA) is 98.1 Å². The van der Waals surface area contributed by atoms with Crippen molar-refractivity contribution < 1.29 is 24.9 Å². The largest absolute Gasteiger partial charge is 0.480 e. The third-order valence-electron chi connectivity index (χ3n) is 3.24. The predicted molar refractivity (Wildman–Crippen MR) is 43.8 cm³/mol. The fourth-order valence-electron chi connectivity index (χ4n) is 2.35. The zero-order chi connectivity index (χ0) is 10.5. The highest BCUT2D eigenvalue weighted by molar-refractivity contribution is 5.81. The molecule has 0 aromatic carbocycles. The molecule has 1 aliphatic heterocycles. The normalized spacial score (nSPS) is 39.4. The number of nitrogens with zero attached hydrogens (tertiary/aromatic N) is 1. The maximum atomic E-state index is 10.8. The zero-order valence-corrected chi connectivity index (χ0v) is 7.38. The number of carboxylic acids is 1. The standard InChI is InChI=1S/C8H11NO5/c10-3-8-1-4(6(11)12)9(7(13)14)5(8)2-8/h4-5,10H,1-3H2,(H,11,12)(H,13,14)/t4-,5-,8+/m0/s1. The molecule has 14 heavy (non-hydrogen) atoms. The number of aliphatic hydroxyl groups is 1. The van der Waals surface area contributed by atoms with Crippen LogP contribution in [0.5, 0.6) is 0 Å². The molecule has 1 heterocycles. The van der Waals surface area contributed by atoms with Gasteiger partial charge in [0, 0.05) is 11.5 Å². The van der Waals surface area contributed by atoms with Crippen molar-refractivity contribution in [3.05, 3.63) is 0 Å². The molecule has 0 aromatic heterocycles. The molecule has 2 fully saturated rings. The minimum Gasteiger partial charge on any atom is -0.480 e. The fraction of sp³-hybridized carbons (Fsp3) is 0.750. The molecule has 0 radical (unpaired) electrons. The van der Waals surface area contributed by atoms with E-state index in [0.717, 1.165) is 4.90 Å². The Morgan fingerprint density at radius 3 is 2.36 bits per heavy atom. The Labute approximate surface area is 79.7 Å². The average molecular weight is 201 g/mol. The maximum Gasteiger partial charge on any atom is 0.408 e. The predicted octanol–water partition coefficient (Wildman–Crippen LogP) is -0.426. The number of likely N-dealkylation sites (tertiary alicyclic amines) is 1. The lowest BCUT2D eigenvalue weighted by Crippen LogP contribution is -2.42. The van der Waals surface area contributed by atoms with Crippen molar-refractivity contribution in [3.63, 3.8) is 0 Å². The molecule has 3 atom stereocenters. The summed E-state index contributed by atoms with van der Waals surface area (Å²) in [5.74, 6) is -1.13. The molecule has 0 aromatic rings. The van der Waals surface area contributed by atoms with Gasteiger partial charge in [-0.05, 0) is 12.8 Å².